The van der Waals surface area contributed by atoms with E-state index in [0.717, 1.165) is 5.75 Å². The fraction of sp³-hybridized carbons (Fsp3) is 0.100. The minimum Gasteiger partial charge on any atom is -0.497 e. The van der Waals surface area contributed by atoms with Gasteiger partial charge in [-0.3, -0.25) is 4.55 Å². The Bertz CT molecular complexity index is 881. The maximum Gasteiger partial charge on any atom is 0.522 e. The summed E-state index contributed by atoms with van der Waals surface area (Å²) in [5.41, 5.74) is -5.53. The van der Waals surface area contributed by atoms with E-state index in [-0.39, 0.29) is 0 Å². The van der Waals surface area contributed by atoms with Crippen LogP contribution in [0.1, 0.15) is 0 Å². The molecule has 0 unspecified atom stereocenters. The number of para-hydroxylation sites is 1. The second-order valence-electron chi connectivity index (χ2n) is 5.17. The molecule has 156 valence electrons. The van der Waals surface area contributed by atoms with Crippen LogP contribution in [-0.4, -0.2) is 25.6 Å². The van der Waals surface area contributed by atoms with Crippen LogP contribution >= 0.6 is 11.8 Å². The van der Waals surface area contributed by atoms with Crippen molar-refractivity contribution in [3.63, 3.8) is 0 Å². The molecule has 0 aliphatic heterocycles. The normalized spacial score (nSPS) is 10.7. The van der Waals surface area contributed by atoms with Crippen molar-refractivity contribution in [2.24, 2.45) is 0 Å². The van der Waals surface area contributed by atoms with E-state index in [1.54, 1.807) is 18.9 Å². The third kappa shape index (κ3) is 10.6. The molecule has 0 aliphatic rings. The Hall–Kier alpha value is -2.49. The van der Waals surface area contributed by atoms with Crippen LogP contribution in [0.4, 0.5) is 13.2 Å². The molecule has 1 N–H and O–H groups in total. The number of alkyl halides is 3. The first-order valence-electron chi connectivity index (χ1n) is 8.04. The lowest BCUT2D eigenvalue weighted by Crippen LogP contribution is -2.21. The molecule has 0 saturated heterocycles. The van der Waals surface area contributed by atoms with Crippen molar-refractivity contribution in [2.45, 2.75) is 15.3 Å². The third-order valence-electron chi connectivity index (χ3n) is 2.99. The highest BCUT2D eigenvalue weighted by Gasteiger charge is 2.44. The maximum absolute atomic E-state index is 10.7. The first kappa shape index (κ1) is 24.5. The van der Waals surface area contributed by atoms with E-state index in [1.165, 1.54) is 9.79 Å². The van der Waals surface area contributed by atoms with E-state index in [0.29, 0.717) is 0 Å². The Balaban J connectivity index is 0.000000230. The minimum absolute atomic E-state index is 0.910. The fourth-order valence-electron chi connectivity index (χ4n) is 1.67. The Morgan fingerprint density at radius 3 is 1.31 bits per heavy atom. The first-order valence-corrected chi connectivity index (χ1v) is 10.3. The zero-order valence-corrected chi connectivity index (χ0v) is 16.9. The van der Waals surface area contributed by atoms with E-state index >= 15 is 0 Å². The fourth-order valence-corrected chi connectivity index (χ4v) is 2.53. The minimum atomic E-state index is -5.84. The van der Waals surface area contributed by atoms with Gasteiger partial charge in [0.1, 0.15) is 5.75 Å². The zero-order chi connectivity index (χ0) is 21.8. The molecule has 0 radical (unpaired) electrons. The van der Waals surface area contributed by atoms with E-state index < -0.39 is 15.6 Å². The van der Waals surface area contributed by atoms with Crippen molar-refractivity contribution in [3.05, 3.63) is 91.0 Å². The van der Waals surface area contributed by atoms with Crippen molar-refractivity contribution in [2.75, 3.05) is 7.11 Å². The number of rotatable bonds is 3. The lowest BCUT2D eigenvalue weighted by Gasteiger charge is -1.99. The van der Waals surface area contributed by atoms with E-state index in [9.17, 15) is 13.2 Å². The molecule has 4 nitrogen and oxygen atoms in total. The van der Waals surface area contributed by atoms with Gasteiger partial charge in [-0.05, 0) is 36.4 Å². The van der Waals surface area contributed by atoms with Crippen LogP contribution in [0.2, 0.25) is 0 Å². The topological polar surface area (TPSA) is 63.6 Å². The summed E-state index contributed by atoms with van der Waals surface area (Å²) < 4.78 is 62.5. The predicted molar refractivity (Wildman–Crippen MR) is 108 cm³/mol. The molecule has 0 fully saturated rings. The van der Waals surface area contributed by atoms with Crippen molar-refractivity contribution < 1.29 is 30.9 Å². The number of benzene rings is 3. The highest BCUT2D eigenvalue weighted by molar-refractivity contribution is 7.99. The van der Waals surface area contributed by atoms with Gasteiger partial charge in [0.25, 0.3) is 0 Å². The summed E-state index contributed by atoms with van der Waals surface area (Å²) in [7, 11) is -4.18. The summed E-state index contributed by atoms with van der Waals surface area (Å²) in [5, 5.41) is 0. The molecule has 0 heterocycles. The Labute approximate surface area is 172 Å². The monoisotopic (exact) mass is 444 g/mol. The van der Waals surface area contributed by atoms with Gasteiger partial charge in [0.05, 0.1) is 7.11 Å². The van der Waals surface area contributed by atoms with E-state index in [4.69, 9.17) is 17.7 Å². The summed E-state index contributed by atoms with van der Waals surface area (Å²) in [6.45, 7) is 0. The molecule has 9 heteroatoms. The summed E-state index contributed by atoms with van der Waals surface area (Å²) in [6, 6.07) is 30.5. The van der Waals surface area contributed by atoms with E-state index in [2.05, 4.69) is 48.5 Å². The molecular formula is C20H19F3O4S2. The molecule has 0 aromatic heterocycles. The van der Waals surface area contributed by atoms with Gasteiger partial charge in [-0.15, -0.1) is 0 Å². The average molecular weight is 444 g/mol. The largest absolute Gasteiger partial charge is 0.522 e. The Morgan fingerprint density at radius 2 is 1.07 bits per heavy atom. The van der Waals surface area contributed by atoms with E-state index in [1.807, 2.05) is 42.5 Å². The molecule has 3 aromatic rings. The lowest BCUT2D eigenvalue weighted by molar-refractivity contribution is -0.0510. The van der Waals surface area contributed by atoms with Crippen LogP contribution in [0, 0.1) is 0 Å². The van der Waals surface area contributed by atoms with Gasteiger partial charge in [0, 0.05) is 9.79 Å². The van der Waals surface area contributed by atoms with Gasteiger partial charge in [0.15, 0.2) is 0 Å². The second-order valence-corrected chi connectivity index (χ2v) is 7.73. The van der Waals surface area contributed by atoms with Crippen LogP contribution in [0.25, 0.3) is 0 Å². The van der Waals surface area contributed by atoms with Crippen molar-refractivity contribution in [3.8, 4) is 5.75 Å². The quantitative estimate of drug-likeness (QED) is 0.401. The molecule has 0 atom stereocenters. The standard InChI is InChI=1S/C12H10S.C7H8O.CHF3O3S/c1-3-7-11(8-4-1)13-12-9-5-2-6-10-12;1-8-7-5-3-2-4-6-7;2-1(3,4)8(5,6)7/h1-10H;2-6H,1H3;(H,5,6,7). The van der Waals surface area contributed by atoms with Gasteiger partial charge in [-0.25, -0.2) is 0 Å². The number of halogens is 3. The predicted octanol–water partition coefficient (Wildman–Crippen LogP) is 5.93. The third-order valence-corrected chi connectivity index (χ3v) is 4.59. The smallest absolute Gasteiger partial charge is 0.497 e. The van der Waals surface area contributed by atoms with Crippen molar-refractivity contribution >= 4 is 21.9 Å². The zero-order valence-electron chi connectivity index (χ0n) is 15.3. The maximum atomic E-state index is 10.7. The van der Waals surface area contributed by atoms with Gasteiger partial charge < -0.3 is 4.74 Å². The van der Waals surface area contributed by atoms with Crippen LogP contribution < -0.4 is 4.74 Å². The summed E-state index contributed by atoms with van der Waals surface area (Å²) in [5.74, 6) is 0.910. The van der Waals surface area contributed by atoms with Crippen LogP contribution in [-0.2, 0) is 10.1 Å². The molecule has 3 rings (SSSR count). The molecule has 29 heavy (non-hydrogen) atoms. The number of hydrogen-bond acceptors (Lipinski definition) is 4. The summed E-state index contributed by atoms with van der Waals surface area (Å²) in [4.78, 5) is 2.57. The van der Waals surface area contributed by atoms with Crippen molar-refractivity contribution in [1.29, 1.82) is 0 Å². The van der Waals surface area contributed by atoms with Crippen molar-refractivity contribution in [1.82, 2.24) is 0 Å². The number of methoxy groups -OCH3 is 1. The Kier molecular flexibility index (Phi) is 10.3. The molecular weight excluding hydrogens is 425 g/mol. The molecule has 3 aromatic carbocycles. The van der Waals surface area contributed by atoms with Gasteiger partial charge in [-0.1, -0.05) is 66.4 Å². The average Bonchev–Trinajstić information content (AvgIpc) is 2.70. The molecule has 0 spiro atoms. The van der Waals surface area contributed by atoms with Crippen LogP contribution in [0.5, 0.6) is 5.75 Å². The lowest BCUT2D eigenvalue weighted by atomic mass is 10.3. The number of hydrogen-bond donors (Lipinski definition) is 1. The second kappa shape index (κ2) is 12.2. The van der Waals surface area contributed by atoms with Gasteiger partial charge in [-0.2, -0.15) is 21.6 Å². The van der Waals surface area contributed by atoms with Gasteiger partial charge >= 0.3 is 15.6 Å². The summed E-state index contributed by atoms with van der Waals surface area (Å²) >= 11 is 1.79. The molecule has 0 aliphatic carbocycles. The molecule has 0 saturated carbocycles. The first-order chi connectivity index (χ1) is 13.6. The van der Waals surface area contributed by atoms with Crippen LogP contribution in [0.3, 0.4) is 0 Å². The van der Waals surface area contributed by atoms with Crippen LogP contribution in [0.15, 0.2) is 101 Å². The SMILES string of the molecule is COc1ccccc1.O=S(=O)(O)C(F)(F)F.c1ccc(Sc2ccccc2)cc1. The molecule has 0 bridgehead atoms. The number of ether oxygens (including phenoxy) is 1. The molecule has 0 amide bonds. The summed E-state index contributed by atoms with van der Waals surface area (Å²) in [6.07, 6.45) is 0. The highest BCUT2D eigenvalue weighted by atomic mass is 32.2. The van der Waals surface area contributed by atoms with Gasteiger partial charge in [0.2, 0.25) is 0 Å². The highest BCUT2D eigenvalue weighted by Crippen LogP contribution is 2.26. The Morgan fingerprint density at radius 1 is 0.759 bits per heavy atom.